The Bertz CT molecular complexity index is 1800. The van der Waals surface area contributed by atoms with Gasteiger partial charge in [-0.2, -0.15) is 0 Å². The molecule has 92 heavy (non-hydrogen) atoms. The molecule has 0 rings (SSSR count). The van der Waals surface area contributed by atoms with E-state index in [0.717, 1.165) is 108 Å². The molecule has 17 nitrogen and oxygen atoms in total. The molecule has 0 saturated carbocycles. The second-order valence-corrected chi connectivity index (χ2v) is 30.4. The summed E-state index contributed by atoms with van der Waals surface area (Å²) in [5, 5.41) is 10.6. The van der Waals surface area contributed by atoms with Crippen molar-refractivity contribution in [3.8, 4) is 0 Å². The van der Waals surface area contributed by atoms with Crippen LogP contribution in [0.15, 0.2) is 0 Å². The molecule has 0 aliphatic heterocycles. The van der Waals surface area contributed by atoms with Crippen LogP contribution in [0, 0.1) is 17.8 Å². The average Bonchev–Trinajstić information content (AvgIpc) is 1.66. The van der Waals surface area contributed by atoms with E-state index in [9.17, 15) is 43.2 Å². The molecular weight excluding hydrogens is 1210 g/mol. The summed E-state index contributed by atoms with van der Waals surface area (Å²) in [6.45, 7) is 11.8. The van der Waals surface area contributed by atoms with Gasteiger partial charge in [-0.25, -0.2) is 9.13 Å². The lowest BCUT2D eigenvalue weighted by molar-refractivity contribution is -0.161. The van der Waals surface area contributed by atoms with Crippen molar-refractivity contribution in [2.24, 2.45) is 17.8 Å². The summed E-state index contributed by atoms with van der Waals surface area (Å²) in [5.41, 5.74) is 0. The van der Waals surface area contributed by atoms with E-state index in [1.54, 1.807) is 0 Å². The third-order valence-electron chi connectivity index (χ3n) is 17.2. The van der Waals surface area contributed by atoms with Gasteiger partial charge in [0.15, 0.2) is 12.2 Å². The Balaban J connectivity index is 5.25. The summed E-state index contributed by atoms with van der Waals surface area (Å²) >= 11 is 0. The number of phosphoric acid groups is 2. The standard InChI is InChI=1S/C73H142O17P2/c1-8-10-11-12-13-14-15-16-17-18-19-20-21-26-34-42-49-56-72(77)89-68(60-83-70(75)54-47-40-33-25-23-22-24-32-39-46-53-66(7)9-2)62-87-91(79,80)85-58-67(74)59-86-92(81,82)88-63-69(61-84-71(76)55-48-41-36-29-31-38-45-52-65(5)6)90-73(78)57-50-43-35-28-27-30-37-44-51-64(3)4/h64-69,74H,8-63H2,1-7H3,(H,79,80)(H,81,82)/t66?,67-,68-,69-/m1/s1. The molecule has 0 aromatic rings. The summed E-state index contributed by atoms with van der Waals surface area (Å²) in [4.78, 5) is 72.7. The lowest BCUT2D eigenvalue weighted by atomic mass is 9.99. The Morgan fingerprint density at radius 2 is 0.554 bits per heavy atom. The van der Waals surface area contributed by atoms with E-state index in [-0.39, 0.29) is 25.7 Å². The van der Waals surface area contributed by atoms with E-state index < -0.39 is 97.5 Å². The SMILES string of the molecule is CCCCCCCCCCCCCCCCCCCC(=O)O[C@H](COC(=O)CCCCCCCCCCCCC(C)CC)COP(=O)(O)OC[C@@H](O)COP(=O)(O)OC[C@@H](COC(=O)CCCCCCCCCC(C)C)OC(=O)CCCCCCCCCCC(C)C. The van der Waals surface area contributed by atoms with Crippen LogP contribution >= 0.6 is 15.6 Å². The van der Waals surface area contributed by atoms with Crippen LogP contribution in [-0.2, 0) is 65.4 Å². The Morgan fingerprint density at radius 1 is 0.315 bits per heavy atom. The smallest absolute Gasteiger partial charge is 0.462 e. The number of hydrogen-bond donors (Lipinski definition) is 3. The minimum atomic E-state index is -4.96. The van der Waals surface area contributed by atoms with E-state index in [1.165, 1.54) is 173 Å². The van der Waals surface area contributed by atoms with Gasteiger partial charge >= 0.3 is 39.5 Å². The molecular formula is C73H142O17P2. The summed E-state index contributed by atoms with van der Waals surface area (Å²) in [6.07, 6.45) is 48.6. The zero-order valence-corrected chi connectivity index (χ0v) is 61.8. The average molecular weight is 1350 g/mol. The molecule has 0 radical (unpaired) electrons. The second-order valence-electron chi connectivity index (χ2n) is 27.5. The van der Waals surface area contributed by atoms with Crippen LogP contribution in [0.2, 0.25) is 0 Å². The van der Waals surface area contributed by atoms with Gasteiger partial charge in [0.25, 0.3) is 0 Å². The molecule has 0 amide bonds. The van der Waals surface area contributed by atoms with Crippen LogP contribution in [0.3, 0.4) is 0 Å². The molecule has 6 atom stereocenters. The number of carbonyl (C=O) groups is 4. The molecule has 19 heteroatoms. The van der Waals surface area contributed by atoms with E-state index in [2.05, 4.69) is 48.5 Å². The van der Waals surface area contributed by atoms with Crippen molar-refractivity contribution in [1.29, 1.82) is 0 Å². The first kappa shape index (κ1) is 90.1. The maximum absolute atomic E-state index is 13.1. The van der Waals surface area contributed by atoms with Crippen LogP contribution in [0.25, 0.3) is 0 Å². The van der Waals surface area contributed by atoms with Gasteiger partial charge in [-0.15, -0.1) is 0 Å². The Labute approximate surface area is 562 Å². The van der Waals surface area contributed by atoms with E-state index >= 15 is 0 Å². The van der Waals surface area contributed by atoms with Gasteiger partial charge in [0, 0.05) is 25.7 Å². The Hall–Kier alpha value is -1.94. The van der Waals surface area contributed by atoms with Gasteiger partial charge in [0.1, 0.15) is 19.3 Å². The first-order valence-corrected chi connectivity index (χ1v) is 40.9. The summed E-state index contributed by atoms with van der Waals surface area (Å²) < 4.78 is 68.4. The van der Waals surface area contributed by atoms with Crippen LogP contribution < -0.4 is 0 Å². The molecule has 0 bridgehead atoms. The van der Waals surface area contributed by atoms with Gasteiger partial charge in [-0.05, 0) is 43.4 Å². The molecule has 0 aliphatic rings. The summed E-state index contributed by atoms with van der Waals surface area (Å²) in [6, 6.07) is 0. The van der Waals surface area contributed by atoms with E-state index in [0.29, 0.717) is 31.6 Å². The van der Waals surface area contributed by atoms with Gasteiger partial charge in [-0.1, -0.05) is 318 Å². The number of carbonyl (C=O) groups excluding carboxylic acids is 4. The third kappa shape index (κ3) is 65.4. The van der Waals surface area contributed by atoms with Crippen molar-refractivity contribution in [3.05, 3.63) is 0 Å². The lowest BCUT2D eigenvalue weighted by Crippen LogP contribution is -2.30. The molecule has 0 heterocycles. The van der Waals surface area contributed by atoms with Crippen LogP contribution in [0.1, 0.15) is 370 Å². The monoisotopic (exact) mass is 1350 g/mol. The third-order valence-corrected chi connectivity index (χ3v) is 19.1. The quantitative estimate of drug-likeness (QED) is 0.0222. The molecule has 3 N–H and O–H groups in total. The predicted molar refractivity (Wildman–Crippen MR) is 372 cm³/mol. The molecule has 546 valence electrons. The first-order valence-electron chi connectivity index (χ1n) is 37.9. The molecule has 0 spiro atoms. The minimum Gasteiger partial charge on any atom is -0.462 e. The van der Waals surface area contributed by atoms with Crippen LogP contribution in [-0.4, -0.2) is 96.7 Å². The number of unbranched alkanes of at least 4 members (excludes halogenated alkanes) is 38. The zero-order chi connectivity index (χ0) is 68.0. The van der Waals surface area contributed by atoms with Crippen molar-refractivity contribution in [2.75, 3.05) is 39.6 Å². The van der Waals surface area contributed by atoms with Gasteiger partial charge < -0.3 is 33.8 Å². The number of rotatable bonds is 71. The lowest BCUT2D eigenvalue weighted by Gasteiger charge is -2.21. The predicted octanol–water partition coefficient (Wildman–Crippen LogP) is 21.0. The fraction of sp³-hybridized carbons (Fsp3) is 0.945. The maximum atomic E-state index is 13.1. The topological polar surface area (TPSA) is 237 Å². The highest BCUT2D eigenvalue weighted by molar-refractivity contribution is 7.47. The van der Waals surface area contributed by atoms with Gasteiger partial charge in [0.2, 0.25) is 0 Å². The highest BCUT2D eigenvalue weighted by Gasteiger charge is 2.30. The van der Waals surface area contributed by atoms with Gasteiger partial charge in [-0.3, -0.25) is 37.3 Å². The second kappa shape index (κ2) is 63.8. The van der Waals surface area contributed by atoms with Crippen LogP contribution in [0.4, 0.5) is 0 Å². The van der Waals surface area contributed by atoms with Crippen molar-refractivity contribution in [3.63, 3.8) is 0 Å². The highest BCUT2D eigenvalue weighted by atomic mass is 31.2. The van der Waals surface area contributed by atoms with Crippen LogP contribution in [0.5, 0.6) is 0 Å². The normalized spacial score (nSPS) is 14.4. The molecule has 0 aromatic heterocycles. The molecule has 0 aliphatic carbocycles. The zero-order valence-electron chi connectivity index (χ0n) is 60.0. The number of aliphatic hydroxyl groups excluding tert-OH is 1. The van der Waals surface area contributed by atoms with Crippen molar-refractivity contribution < 1.29 is 80.2 Å². The largest absolute Gasteiger partial charge is 0.472 e. The number of phosphoric ester groups is 2. The van der Waals surface area contributed by atoms with Crippen molar-refractivity contribution >= 4 is 39.5 Å². The number of esters is 4. The fourth-order valence-electron chi connectivity index (χ4n) is 11.0. The first-order chi connectivity index (χ1) is 44.3. The minimum absolute atomic E-state index is 0.104. The molecule has 0 aromatic carbocycles. The molecule has 3 unspecified atom stereocenters. The van der Waals surface area contributed by atoms with Crippen molar-refractivity contribution in [1.82, 2.24) is 0 Å². The number of hydrogen-bond acceptors (Lipinski definition) is 15. The van der Waals surface area contributed by atoms with E-state index in [1.807, 2.05) is 0 Å². The Morgan fingerprint density at radius 3 is 0.826 bits per heavy atom. The van der Waals surface area contributed by atoms with E-state index in [4.69, 9.17) is 37.0 Å². The molecule has 0 saturated heterocycles. The molecule has 0 fully saturated rings. The fourth-order valence-corrected chi connectivity index (χ4v) is 12.6. The maximum Gasteiger partial charge on any atom is 0.472 e. The number of aliphatic hydroxyl groups is 1. The Kier molecular flexibility index (Phi) is 62.4. The highest BCUT2D eigenvalue weighted by Crippen LogP contribution is 2.45. The van der Waals surface area contributed by atoms with Gasteiger partial charge in [0.05, 0.1) is 26.4 Å². The number of ether oxygens (including phenoxy) is 4. The van der Waals surface area contributed by atoms with Crippen molar-refractivity contribution in [2.45, 2.75) is 388 Å². The summed E-state index contributed by atoms with van der Waals surface area (Å²) in [7, 11) is -9.91. The summed E-state index contributed by atoms with van der Waals surface area (Å²) in [5.74, 6) is 0.109.